The number of para-hydroxylation sites is 1. The van der Waals surface area contributed by atoms with Gasteiger partial charge >= 0.3 is 0 Å². The Morgan fingerprint density at radius 3 is 2.64 bits per heavy atom. The molecular weight excluding hydrogens is 376 g/mol. The van der Waals surface area contributed by atoms with E-state index in [2.05, 4.69) is 33.6 Å². The van der Waals surface area contributed by atoms with Crippen molar-refractivity contribution in [1.29, 1.82) is 0 Å². The number of anilines is 3. The summed E-state index contributed by atoms with van der Waals surface area (Å²) in [5, 5.41) is 6.49. The number of ether oxygens (including phenoxy) is 1. The number of halogens is 1. The Kier molecular flexibility index (Phi) is 6.11. The van der Waals surface area contributed by atoms with Gasteiger partial charge in [-0.2, -0.15) is 0 Å². The molecular formula is C21H21ClN4O2. The Morgan fingerprint density at radius 2 is 1.93 bits per heavy atom. The first-order valence-corrected chi connectivity index (χ1v) is 9.23. The van der Waals surface area contributed by atoms with E-state index in [1.54, 1.807) is 31.2 Å². The van der Waals surface area contributed by atoms with Crippen LogP contribution in [-0.4, -0.2) is 23.0 Å². The zero-order valence-electron chi connectivity index (χ0n) is 15.9. The second-order valence-electron chi connectivity index (χ2n) is 6.12. The van der Waals surface area contributed by atoms with Gasteiger partial charge in [0.1, 0.15) is 23.1 Å². The highest BCUT2D eigenvalue weighted by molar-refractivity contribution is 6.32. The average molecular weight is 397 g/mol. The zero-order chi connectivity index (χ0) is 20.1. The number of hydrogen-bond donors (Lipinski definition) is 2. The van der Waals surface area contributed by atoms with E-state index >= 15 is 0 Å². The molecule has 6 nitrogen and oxygen atoms in total. The summed E-state index contributed by atoms with van der Waals surface area (Å²) in [4.78, 5) is 21.3. The van der Waals surface area contributed by atoms with E-state index in [0.717, 1.165) is 17.7 Å². The molecule has 0 aliphatic rings. The minimum Gasteiger partial charge on any atom is -0.495 e. The van der Waals surface area contributed by atoms with Crippen LogP contribution in [0.5, 0.6) is 5.75 Å². The third-order valence-corrected chi connectivity index (χ3v) is 4.44. The summed E-state index contributed by atoms with van der Waals surface area (Å²) in [5.41, 5.74) is 2.93. The molecule has 3 rings (SSSR count). The number of carbonyl (C=O) groups excluding carboxylic acids is 1. The minimum absolute atomic E-state index is 0.260. The molecule has 1 amide bonds. The van der Waals surface area contributed by atoms with Crippen LogP contribution >= 0.6 is 11.6 Å². The Balaban J connectivity index is 1.82. The van der Waals surface area contributed by atoms with E-state index in [9.17, 15) is 4.79 Å². The summed E-state index contributed by atoms with van der Waals surface area (Å²) in [6, 6.07) is 14.6. The first kappa shape index (κ1) is 19.6. The maximum absolute atomic E-state index is 12.7. The molecule has 1 aromatic heterocycles. The van der Waals surface area contributed by atoms with Gasteiger partial charge in [0.05, 0.1) is 12.1 Å². The number of aryl methyl sites for hydroxylation is 2. The summed E-state index contributed by atoms with van der Waals surface area (Å²) >= 11 is 6.12. The van der Waals surface area contributed by atoms with Crippen LogP contribution in [0.2, 0.25) is 5.02 Å². The largest absolute Gasteiger partial charge is 0.495 e. The number of carbonyl (C=O) groups is 1. The normalized spacial score (nSPS) is 10.4. The highest BCUT2D eigenvalue weighted by atomic mass is 35.5. The van der Waals surface area contributed by atoms with E-state index in [0.29, 0.717) is 28.1 Å². The van der Waals surface area contributed by atoms with Crippen molar-refractivity contribution in [3.05, 3.63) is 70.6 Å². The number of nitrogens with one attached hydrogen (secondary N) is 2. The van der Waals surface area contributed by atoms with Gasteiger partial charge in [0.25, 0.3) is 5.91 Å². The van der Waals surface area contributed by atoms with Gasteiger partial charge in [-0.15, -0.1) is 0 Å². The van der Waals surface area contributed by atoms with Gasteiger partial charge in [0, 0.05) is 17.4 Å². The fourth-order valence-electron chi connectivity index (χ4n) is 2.78. The van der Waals surface area contributed by atoms with E-state index < -0.39 is 0 Å². The van der Waals surface area contributed by atoms with Gasteiger partial charge in [0.2, 0.25) is 0 Å². The number of nitrogens with zero attached hydrogens (tertiary/aromatic N) is 2. The van der Waals surface area contributed by atoms with E-state index in [1.165, 1.54) is 7.11 Å². The Labute approximate surface area is 168 Å². The molecule has 0 saturated heterocycles. The quantitative estimate of drug-likeness (QED) is 0.612. The van der Waals surface area contributed by atoms with Crippen molar-refractivity contribution in [2.75, 3.05) is 17.7 Å². The fourth-order valence-corrected chi connectivity index (χ4v) is 3.03. The van der Waals surface area contributed by atoms with Crippen LogP contribution in [-0.2, 0) is 6.42 Å². The molecule has 0 aliphatic carbocycles. The van der Waals surface area contributed by atoms with Crippen LogP contribution in [0.15, 0.2) is 48.5 Å². The van der Waals surface area contributed by atoms with Gasteiger partial charge < -0.3 is 15.4 Å². The summed E-state index contributed by atoms with van der Waals surface area (Å²) in [6.07, 6.45) is 0.888. The molecule has 0 saturated carbocycles. The molecule has 0 bridgehead atoms. The average Bonchev–Trinajstić information content (AvgIpc) is 2.68. The maximum Gasteiger partial charge on any atom is 0.274 e. The monoisotopic (exact) mass is 396 g/mol. The predicted octanol–water partition coefficient (Wildman–Crippen LogP) is 5.01. The van der Waals surface area contributed by atoms with E-state index in [4.69, 9.17) is 16.3 Å². The molecule has 0 spiro atoms. The summed E-state index contributed by atoms with van der Waals surface area (Å²) in [6.45, 7) is 3.84. The molecule has 28 heavy (non-hydrogen) atoms. The number of amides is 1. The molecule has 2 N–H and O–H groups in total. The first-order chi connectivity index (χ1) is 13.5. The third-order valence-electron chi connectivity index (χ3n) is 4.14. The lowest BCUT2D eigenvalue weighted by Gasteiger charge is -2.12. The zero-order valence-corrected chi connectivity index (χ0v) is 16.7. The smallest absolute Gasteiger partial charge is 0.274 e. The second-order valence-corrected chi connectivity index (χ2v) is 6.53. The minimum atomic E-state index is -0.349. The number of aromatic nitrogens is 2. The van der Waals surface area contributed by atoms with Gasteiger partial charge in [-0.05, 0) is 43.2 Å². The molecule has 3 aromatic rings. The van der Waals surface area contributed by atoms with Crippen molar-refractivity contribution >= 4 is 34.7 Å². The number of rotatable bonds is 6. The molecule has 7 heteroatoms. The summed E-state index contributed by atoms with van der Waals surface area (Å²) in [5.74, 6) is 1.25. The lowest BCUT2D eigenvalue weighted by Crippen LogP contribution is -2.15. The number of benzene rings is 2. The highest BCUT2D eigenvalue weighted by Crippen LogP contribution is 2.27. The molecule has 0 unspecified atom stereocenters. The molecule has 0 atom stereocenters. The Morgan fingerprint density at radius 1 is 1.14 bits per heavy atom. The molecule has 144 valence electrons. The van der Waals surface area contributed by atoms with Crippen molar-refractivity contribution in [2.24, 2.45) is 0 Å². The lowest BCUT2D eigenvalue weighted by atomic mass is 10.1. The van der Waals surface area contributed by atoms with Gasteiger partial charge in [-0.25, -0.2) is 9.97 Å². The van der Waals surface area contributed by atoms with Crippen molar-refractivity contribution in [3.63, 3.8) is 0 Å². The Hall–Kier alpha value is -3.12. The number of methoxy groups -OCH3 is 1. The fraction of sp³-hybridized carbons (Fsp3) is 0.190. The molecule has 1 heterocycles. The lowest BCUT2D eigenvalue weighted by molar-refractivity contribution is 0.102. The van der Waals surface area contributed by atoms with Crippen LogP contribution in [0, 0.1) is 6.92 Å². The van der Waals surface area contributed by atoms with E-state index in [1.807, 2.05) is 18.2 Å². The standard InChI is InChI=1S/C21H21ClN4O2/c1-4-14-7-5-6-8-17(14)26-20-12-18(23-13(2)24-20)21(27)25-15-9-10-19(28-3)16(22)11-15/h5-12H,4H2,1-3H3,(H,25,27)(H,23,24,26). The van der Waals surface area contributed by atoms with E-state index in [-0.39, 0.29) is 11.6 Å². The highest BCUT2D eigenvalue weighted by Gasteiger charge is 2.13. The topological polar surface area (TPSA) is 76.1 Å². The maximum atomic E-state index is 12.7. The van der Waals surface area contributed by atoms with Crippen molar-refractivity contribution in [2.45, 2.75) is 20.3 Å². The molecule has 0 radical (unpaired) electrons. The summed E-state index contributed by atoms with van der Waals surface area (Å²) in [7, 11) is 1.54. The van der Waals surface area contributed by atoms with Gasteiger partial charge in [0.15, 0.2) is 0 Å². The van der Waals surface area contributed by atoms with Crippen molar-refractivity contribution in [1.82, 2.24) is 9.97 Å². The molecule has 0 fully saturated rings. The third kappa shape index (κ3) is 4.58. The predicted molar refractivity (Wildman–Crippen MR) is 112 cm³/mol. The van der Waals surface area contributed by atoms with Crippen molar-refractivity contribution < 1.29 is 9.53 Å². The Bertz CT molecular complexity index is 1010. The van der Waals surface area contributed by atoms with Gasteiger partial charge in [-0.3, -0.25) is 4.79 Å². The summed E-state index contributed by atoms with van der Waals surface area (Å²) < 4.78 is 5.12. The van der Waals surface area contributed by atoms with Crippen molar-refractivity contribution in [3.8, 4) is 5.75 Å². The second kappa shape index (κ2) is 8.71. The van der Waals surface area contributed by atoms with Crippen LogP contribution in [0.25, 0.3) is 0 Å². The van der Waals surface area contributed by atoms with Gasteiger partial charge in [-0.1, -0.05) is 36.7 Å². The van der Waals surface area contributed by atoms with Crippen LogP contribution < -0.4 is 15.4 Å². The first-order valence-electron chi connectivity index (χ1n) is 8.85. The molecule has 0 aliphatic heterocycles. The SMILES string of the molecule is CCc1ccccc1Nc1cc(C(=O)Nc2ccc(OC)c(Cl)c2)nc(C)n1. The molecule has 2 aromatic carbocycles. The van der Waals surface area contributed by atoms with Crippen LogP contribution in [0.3, 0.4) is 0 Å². The van der Waals surface area contributed by atoms with Crippen LogP contribution in [0.4, 0.5) is 17.2 Å². The van der Waals surface area contributed by atoms with Crippen LogP contribution in [0.1, 0.15) is 28.8 Å². The number of hydrogen-bond acceptors (Lipinski definition) is 5.